The number of carbonyl (C=O) groups excluding carboxylic acids is 2. The Morgan fingerprint density at radius 2 is 1.96 bits per heavy atom. The summed E-state index contributed by atoms with van der Waals surface area (Å²) >= 11 is 0. The van der Waals surface area contributed by atoms with Gasteiger partial charge in [0, 0.05) is 29.1 Å². The summed E-state index contributed by atoms with van der Waals surface area (Å²) in [4.78, 5) is 27.0. The highest BCUT2D eigenvalue weighted by Crippen LogP contribution is 2.33. The standard InChI is InChI=1S/C19H20N2O4/c1-11-14(9-17(22)24-2)15(18(21-11)19(23)25-3)8-12-10-20-16-7-5-4-6-13(12)16/h4-8,20-21H,9-10H2,1-3H3/b12-8-. The molecule has 130 valence electrons. The van der Waals surface area contributed by atoms with E-state index in [1.165, 1.54) is 14.2 Å². The average molecular weight is 340 g/mol. The van der Waals surface area contributed by atoms with E-state index in [0.29, 0.717) is 17.8 Å². The molecule has 0 atom stereocenters. The molecule has 1 aromatic heterocycles. The first kappa shape index (κ1) is 16.8. The number of aromatic amines is 1. The monoisotopic (exact) mass is 340 g/mol. The van der Waals surface area contributed by atoms with Crippen LogP contribution in [0.2, 0.25) is 0 Å². The van der Waals surface area contributed by atoms with Crippen LogP contribution in [0.4, 0.5) is 5.69 Å². The molecule has 0 fully saturated rings. The number of aryl methyl sites for hydroxylation is 1. The van der Waals surface area contributed by atoms with Crippen LogP contribution in [-0.2, 0) is 20.7 Å². The molecule has 2 heterocycles. The van der Waals surface area contributed by atoms with Gasteiger partial charge in [0.25, 0.3) is 0 Å². The maximum Gasteiger partial charge on any atom is 0.355 e. The van der Waals surface area contributed by atoms with Crippen molar-refractivity contribution in [3.05, 3.63) is 52.3 Å². The number of para-hydroxylation sites is 1. The Hall–Kier alpha value is -3.02. The molecule has 0 saturated carbocycles. The first-order valence-electron chi connectivity index (χ1n) is 7.95. The van der Waals surface area contributed by atoms with Gasteiger partial charge in [-0.3, -0.25) is 4.79 Å². The molecule has 0 radical (unpaired) electrons. The average Bonchev–Trinajstić information content (AvgIpc) is 3.17. The van der Waals surface area contributed by atoms with Gasteiger partial charge in [0.15, 0.2) is 0 Å². The van der Waals surface area contributed by atoms with Gasteiger partial charge in [0.1, 0.15) is 5.69 Å². The second kappa shape index (κ2) is 6.84. The number of benzene rings is 1. The lowest BCUT2D eigenvalue weighted by Gasteiger charge is -2.05. The van der Waals surface area contributed by atoms with Crippen molar-refractivity contribution in [3.8, 4) is 0 Å². The molecular formula is C19H20N2O4. The normalized spacial score (nSPS) is 14.1. The Morgan fingerprint density at radius 1 is 1.20 bits per heavy atom. The summed E-state index contributed by atoms with van der Waals surface area (Å²) in [5.74, 6) is -0.826. The fourth-order valence-electron chi connectivity index (χ4n) is 3.06. The number of nitrogens with one attached hydrogen (secondary N) is 2. The molecule has 0 spiro atoms. The molecule has 1 aromatic carbocycles. The van der Waals surface area contributed by atoms with E-state index in [4.69, 9.17) is 9.47 Å². The highest BCUT2D eigenvalue weighted by molar-refractivity contribution is 5.99. The number of anilines is 1. The summed E-state index contributed by atoms with van der Waals surface area (Å²) < 4.78 is 9.66. The number of rotatable bonds is 4. The van der Waals surface area contributed by atoms with Crippen molar-refractivity contribution < 1.29 is 19.1 Å². The minimum atomic E-state index is -0.467. The second-order valence-corrected chi connectivity index (χ2v) is 5.83. The first-order valence-corrected chi connectivity index (χ1v) is 7.95. The van der Waals surface area contributed by atoms with E-state index in [9.17, 15) is 9.59 Å². The SMILES string of the molecule is COC(=O)Cc1c(C)[nH]c(C(=O)OC)c1/C=C1/CNc2ccccc21. The zero-order chi connectivity index (χ0) is 18.0. The Labute approximate surface area is 145 Å². The van der Waals surface area contributed by atoms with Crippen LogP contribution >= 0.6 is 0 Å². The number of fused-ring (bicyclic) bond motifs is 1. The van der Waals surface area contributed by atoms with Crippen molar-refractivity contribution >= 4 is 29.3 Å². The molecule has 0 aliphatic carbocycles. The summed E-state index contributed by atoms with van der Waals surface area (Å²) in [5.41, 5.74) is 5.68. The van der Waals surface area contributed by atoms with Crippen LogP contribution in [0.1, 0.15) is 32.9 Å². The summed E-state index contributed by atoms with van der Waals surface area (Å²) in [6, 6.07) is 7.98. The highest BCUT2D eigenvalue weighted by Gasteiger charge is 2.23. The van der Waals surface area contributed by atoms with Gasteiger partial charge >= 0.3 is 11.9 Å². The predicted octanol–water partition coefficient (Wildman–Crippen LogP) is 2.79. The van der Waals surface area contributed by atoms with Crippen molar-refractivity contribution in [2.24, 2.45) is 0 Å². The molecule has 0 bridgehead atoms. The highest BCUT2D eigenvalue weighted by atomic mass is 16.5. The van der Waals surface area contributed by atoms with Crippen LogP contribution in [-0.4, -0.2) is 37.7 Å². The van der Waals surface area contributed by atoms with Gasteiger partial charge in [0.2, 0.25) is 0 Å². The second-order valence-electron chi connectivity index (χ2n) is 5.83. The molecule has 6 heteroatoms. The van der Waals surface area contributed by atoms with E-state index in [2.05, 4.69) is 10.3 Å². The third kappa shape index (κ3) is 3.15. The van der Waals surface area contributed by atoms with Gasteiger partial charge in [0.05, 0.1) is 20.6 Å². The van der Waals surface area contributed by atoms with Crippen molar-refractivity contribution in [1.29, 1.82) is 0 Å². The van der Waals surface area contributed by atoms with Crippen molar-refractivity contribution in [2.45, 2.75) is 13.3 Å². The lowest BCUT2D eigenvalue weighted by Crippen LogP contribution is -2.07. The molecule has 6 nitrogen and oxygen atoms in total. The minimum Gasteiger partial charge on any atom is -0.469 e. The molecule has 0 unspecified atom stereocenters. The van der Waals surface area contributed by atoms with Crippen LogP contribution in [0.25, 0.3) is 11.6 Å². The third-order valence-corrected chi connectivity index (χ3v) is 4.36. The molecule has 2 N–H and O–H groups in total. The Balaban J connectivity index is 2.12. The number of H-pyrrole nitrogens is 1. The van der Waals surface area contributed by atoms with Crippen molar-refractivity contribution in [2.75, 3.05) is 26.1 Å². The van der Waals surface area contributed by atoms with Gasteiger partial charge in [-0.2, -0.15) is 0 Å². The lowest BCUT2D eigenvalue weighted by molar-refractivity contribution is -0.139. The van der Waals surface area contributed by atoms with Crippen LogP contribution in [0.15, 0.2) is 24.3 Å². The topological polar surface area (TPSA) is 80.4 Å². The number of ether oxygens (including phenoxy) is 2. The molecule has 0 saturated heterocycles. The fraction of sp³-hybridized carbons (Fsp3) is 0.263. The molecule has 2 aromatic rings. The van der Waals surface area contributed by atoms with E-state index < -0.39 is 5.97 Å². The Bertz CT molecular complexity index is 864. The Morgan fingerprint density at radius 3 is 2.68 bits per heavy atom. The predicted molar refractivity (Wildman–Crippen MR) is 95.4 cm³/mol. The summed E-state index contributed by atoms with van der Waals surface area (Å²) in [5, 5.41) is 3.33. The minimum absolute atomic E-state index is 0.0873. The van der Waals surface area contributed by atoms with E-state index in [0.717, 1.165) is 28.1 Å². The molecule has 1 aliphatic rings. The molecule has 0 amide bonds. The van der Waals surface area contributed by atoms with Gasteiger partial charge in [-0.1, -0.05) is 18.2 Å². The summed E-state index contributed by atoms with van der Waals surface area (Å²) in [7, 11) is 2.68. The summed E-state index contributed by atoms with van der Waals surface area (Å²) in [6.45, 7) is 2.48. The zero-order valence-electron chi connectivity index (χ0n) is 14.4. The molecule has 3 rings (SSSR count). The van der Waals surface area contributed by atoms with Gasteiger partial charge < -0.3 is 19.8 Å². The molecular weight excluding hydrogens is 320 g/mol. The van der Waals surface area contributed by atoms with Gasteiger partial charge in [-0.25, -0.2) is 4.79 Å². The van der Waals surface area contributed by atoms with E-state index >= 15 is 0 Å². The third-order valence-electron chi connectivity index (χ3n) is 4.36. The number of aromatic nitrogens is 1. The number of esters is 2. The van der Waals surface area contributed by atoms with E-state index in [1.54, 1.807) is 0 Å². The number of hydrogen-bond donors (Lipinski definition) is 2. The van der Waals surface area contributed by atoms with Gasteiger partial charge in [-0.15, -0.1) is 0 Å². The maximum atomic E-state index is 12.2. The van der Waals surface area contributed by atoms with Crippen LogP contribution < -0.4 is 5.32 Å². The fourth-order valence-corrected chi connectivity index (χ4v) is 3.06. The largest absolute Gasteiger partial charge is 0.469 e. The molecule has 1 aliphatic heterocycles. The van der Waals surface area contributed by atoms with Crippen molar-refractivity contribution in [1.82, 2.24) is 4.98 Å². The van der Waals surface area contributed by atoms with Crippen LogP contribution in [0.3, 0.4) is 0 Å². The van der Waals surface area contributed by atoms with Gasteiger partial charge in [-0.05, 0) is 30.2 Å². The lowest BCUT2D eigenvalue weighted by atomic mass is 10.00. The van der Waals surface area contributed by atoms with Crippen LogP contribution in [0.5, 0.6) is 0 Å². The maximum absolute atomic E-state index is 12.2. The number of hydrogen-bond acceptors (Lipinski definition) is 5. The Kier molecular flexibility index (Phi) is 4.61. The van der Waals surface area contributed by atoms with E-state index in [-0.39, 0.29) is 12.4 Å². The number of methoxy groups -OCH3 is 2. The van der Waals surface area contributed by atoms with E-state index in [1.807, 2.05) is 37.3 Å². The van der Waals surface area contributed by atoms with Crippen LogP contribution in [0, 0.1) is 6.92 Å². The van der Waals surface area contributed by atoms with Crippen molar-refractivity contribution in [3.63, 3.8) is 0 Å². The quantitative estimate of drug-likeness (QED) is 0.837. The molecule has 25 heavy (non-hydrogen) atoms. The smallest absolute Gasteiger partial charge is 0.355 e. The zero-order valence-corrected chi connectivity index (χ0v) is 14.4. The summed E-state index contributed by atoms with van der Waals surface area (Å²) in [6.07, 6.45) is 2.02. The number of carbonyl (C=O) groups is 2. The first-order chi connectivity index (χ1) is 12.0.